The number of ether oxygens (including phenoxy) is 2. The lowest BCUT2D eigenvalue weighted by molar-refractivity contribution is -0.160. The van der Waals surface area contributed by atoms with Gasteiger partial charge in [-0.15, -0.1) is 0 Å². The van der Waals surface area contributed by atoms with Gasteiger partial charge in [-0.25, -0.2) is 0 Å². The third-order valence-corrected chi connectivity index (χ3v) is 4.43. The lowest BCUT2D eigenvalue weighted by Gasteiger charge is -2.25. The minimum absolute atomic E-state index is 0.00742. The van der Waals surface area contributed by atoms with Gasteiger partial charge >= 0.3 is 11.9 Å². The second-order valence-electron chi connectivity index (χ2n) is 7.00. The lowest BCUT2D eigenvalue weighted by Crippen LogP contribution is -2.30. The van der Waals surface area contributed by atoms with E-state index in [4.69, 9.17) is 9.47 Å². The van der Waals surface area contributed by atoms with Crippen LogP contribution in [0.2, 0.25) is 0 Å². The predicted octanol–water partition coefficient (Wildman–Crippen LogP) is 2.55. The van der Waals surface area contributed by atoms with Gasteiger partial charge in [0.2, 0.25) is 0 Å². The minimum atomic E-state index is -0.477. The van der Waals surface area contributed by atoms with Crippen LogP contribution in [0.15, 0.2) is 0 Å². The Morgan fingerprint density at radius 1 is 1.37 bits per heavy atom. The predicted molar refractivity (Wildman–Crippen MR) is 70.3 cm³/mol. The molecule has 4 nitrogen and oxygen atoms in total. The van der Waals surface area contributed by atoms with Crippen LogP contribution in [0.1, 0.15) is 47.5 Å². The summed E-state index contributed by atoms with van der Waals surface area (Å²) in [6.45, 7) is 9.45. The van der Waals surface area contributed by atoms with E-state index in [1.54, 1.807) is 0 Å². The van der Waals surface area contributed by atoms with Gasteiger partial charge in [0.05, 0.1) is 11.3 Å². The fourth-order valence-electron chi connectivity index (χ4n) is 3.08. The van der Waals surface area contributed by atoms with E-state index in [1.807, 2.05) is 34.6 Å². The highest BCUT2D eigenvalue weighted by Gasteiger charge is 2.50. The van der Waals surface area contributed by atoms with Crippen LogP contribution >= 0.6 is 0 Å². The molecule has 1 saturated carbocycles. The monoisotopic (exact) mass is 268 g/mol. The van der Waals surface area contributed by atoms with Crippen molar-refractivity contribution in [3.8, 4) is 0 Å². The molecule has 0 aromatic heterocycles. The molecule has 19 heavy (non-hydrogen) atoms. The van der Waals surface area contributed by atoms with E-state index in [0.29, 0.717) is 5.92 Å². The van der Waals surface area contributed by atoms with E-state index in [-0.39, 0.29) is 36.0 Å². The number of carbonyl (C=O) groups is 2. The number of cyclic esters (lactones) is 1. The lowest BCUT2D eigenvalue weighted by atomic mass is 9.94. The maximum Gasteiger partial charge on any atom is 0.311 e. The molecule has 2 fully saturated rings. The molecule has 2 aliphatic rings. The summed E-state index contributed by atoms with van der Waals surface area (Å²) in [5.41, 5.74) is -0.477. The molecule has 108 valence electrons. The van der Waals surface area contributed by atoms with Gasteiger partial charge in [0.1, 0.15) is 12.2 Å². The molecule has 1 aliphatic heterocycles. The zero-order valence-electron chi connectivity index (χ0n) is 12.4. The summed E-state index contributed by atoms with van der Waals surface area (Å²) in [4.78, 5) is 23.6. The second-order valence-corrected chi connectivity index (χ2v) is 7.00. The number of hydrogen-bond donors (Lipinski definition) is 0. The first-order valence-electron chi connectivity index (χ1n) is 7.11. The second kappa shape index (κ2) is 4.80. The van der Waals surface area contributed by atoms with Crippen molar-refractivity contribution in [1.82, 2.24) is 0 Å². The number of esters is 2. The van der Waals surface area contributed by atoms with Gasteiger partial charge < -0.3 is 9.47 Å². The highest BCUT2D eigenvalue weighted by atomic mass is 16.6. The van der Waals surface area contributed by atoms with Crippen molar-refractivity contribution in [2.24, 2.45) is 23.2 Å². The average Bonchev–Trinajstić information content (AvgIpc) is 2.80. The van der Waals surface area contributed by atoms with Crippen molar-refractivity contribution in [2.75, 3.05) is 0 Å². The van der Waals surface area contributed by atoms with E-state index in [2.05, 4.69) is 0 Å². The summed E-state index contributed by atoms with van der Waals surface area (Å²) in [6, 6.07) is 0. The first-order chi connectivity index (χ1) is 8.70. The molecule has 2 rings (SSSR count). The molecule has 4 heteroatoms. The quantitative estimate of drug-likeness (QED) is 0.722. The van der Waals surface area contributed by atoms with Crippen molar-refractivity contribution in [2.45, 2.75) is 59.7 Å². The van der Waals surface area contributed by atoms with E-state index in [0.717, 1.165) is 12.8 Å². The number of rotatable bonds is 2. The standard InChI is InChI=1S/C15H24O4/c1-8(19-14(17)15(3,4)5)10-6-11-9(2)18-13(16)12(11)7-10/h8-12H,6-7H2,1-5H3. The molecule has 1 heterocycles. The van der Waals surface area contributed by atoms with E-state index in [1.165, 1.54) is 0 Å². The fraction of sp³-hybridized carbons (Fsp3) is 0.867. The Morgan fingerprint density at radius 3 is 2.53 bits per heavy atom. The van der Waals surface area contributed by atoms with Crippen molar-refractivity contribution >= 4 is 11.9 Å². The van der Waals surface area contributed by atoms with Crippen LogP contribution in [0.25, 0.3) is 0 Å². The molecule has 1 aliphatic carbocycles. The minimum Gasteiger partial charge on any atom is -0.462 e. The van der Waals surface area contributed by atoms with Crippen LogP contribution in [0.4, 0.5) is 0 Å². The normalized spacial score (nSPS) is 35.7. The van der Waals surface area contributed by atoms with Crippen molar-refractivity contribution in [1.29, 1.82) is 0 Å². The first-order valence-corrected chi connectivity index (χ1v) is 7.11. The van der Waals surface area contributed by atoms with Crippen LogP contribution < -0.4 is 0 Å². The Morgan fingerprint density at radius 2 is 2.00 bits per heavy atom. The molecular weight excluding hydrogens is 244 g/mol. The van der Waals surface area contributed by atoms with Gasteiger partial charge in [-0.3, -0.25) is 9.59 Å². The zero-order chi connectivity index (χ0) is 14.4. The van der Waals surface area contributed by atoms with Crippen LogP contribution in [-0.4, -0.2) is 24.1 Å². The van der Waals surface area contributed by atoms with Crippen LogP contribution in [0.5, 0.6) is 0 Å². The highest BCUT2D eigenvalue weighted by Crippen LogP contribution is 2.46. The van der Waals surface area contributed by atoms with Gasteiger partial charge in [-0.2, -0.15) is 0 Å². The molecule has 0 amide bonds. The molecule has 0 radical (unpaired) electrons. The van der Waals surface area contributed by atoms with Crippen molar-refractivity contribution < 1.29 is 19.1 Å². The Bertz CT molecular complexity index is 382. The maximum atomic E-state index is 11.9. The van der Waals surface area contributed by atoms with Gasteiger partial charge in [-0.1, -0.05) is 0 Å². The average molecular weight is 268 g/mol. The van der Waals surface area contributed by atoms with Gasteiger partial charge in [0.15, 0.2) is 0 Å². The molecule has 0 bridgehead atoms. The summed E-state index contributed by atoms with van der Waals surface area (Å²) in [5, 5.41) is 0. The SMILES string of the molecule is CC(OC(=O)C(C)(C)C)C1CC2C(=O)OC(C)C2C1. The smallest absolute Gasteiger partial charge is 0.311 e. The topological polar surface area (TPSA) is 52.6 Å². The molecule has 1 saturated heterocycles. The molecule has 0 N–H and O–H groups in total. The fourth-order valence-corrected chi connectivity index (χ4v) is 3.08. The Kier molecular flexibility index (Phi) is 3.63. The molecule has 5 atom stereocenters. The Balaban J connectivity index is 1.94. The van der Waals surface area contributed by atoms with E-state index < -0.39 is 5.41 Å². The maximum absolute atomic E-state index is 11.9. The third kappa shape index (κ3) is 2.77. The van der Waals surface area contributed by atoms with Crippen LogP contribution in [0, 0.1) is 23.2 Å². The summed E-state index contributed by atoms with van der Waals surface area (Å²) in [5.74, 6) is 0.336. The Labute approximate surface area is 114 Å². The number of fused-ring (bicyclic) bond motifs is 1. The molecule has 0 aromatic rings. The third-order valence-electron chi connectivity index (χ3n) is 4.43. The first kappa shape index (κ1) is 14.4. The van der Waals surface area contributed by atoms with Crippen molar-refractivity contribution in [3.05, 3.63) is 0 Å². The zero-order valence-corrected chi connectivity index (χ0v) is 12.4. The number of carbonyl (C=O) groups excluding carboxylic acids is 2. The van der Waals surface area contributed by atoms with Crippen LogP contribution in [-0.2, 0) is 19.1 Å². The summed E-state index contributed by atoms with van der Waals surface area (Å²) >= 11 is 0. The van der Waals surface area contributed by atoms with Gasteiger partial charge in [-0.05, 0) is 53.4 Å². The van der Waals surface area contributed by atoms with Gasteiger partial charge in [0.25, 0.3) is 0 Å². The van der Waals surface area contributed by atoms with E-state index in [9.17, 15) is 9.59 Å². The largest absolute Gasteiger partial charge is 0.462 e. The molecule has 5 unspecified atom stereocenters. The highest BCUT2D eigenvalue weighted by molar-refractivity contribution is 5.76. The summed E-state index contributed by atoms with van der Waals surface area (Å²) < 4.78 is 10.8. The molecule has 0 aromatic carbocycles. The Hall–Kier alpha value is -1.06. The molecular formula is C15H24O4. The van der Waals surface area contributed by atoms with Gasteiger partial charge in [0, 0.05) is 5.92 Å². The summed E-state index contributed by atoms with van der Waals surface area (Å²) in [7, 11) is 0. The van der Waals surface area contributed by atoms with E-state index >= 15 is 0 Å². The van der Waals surface area contributed by atoms with Crippen LogP contribution in [0.3, 0.4) is 0 Å². The summed E-state index contributed by atoms with van der Waals surface area (Å²) in [6.07, 6.45) is 1.58. The number of hydrogen-bond acceptors (Lipinski definition) is 4. The van der Waals surface area contributed by atoms with Crippen molar-refractivity contribution in [3.63, 3.8) is 0 Å². The molecule has 0 spiro atoms.